The smallest absolute Gasteiger partial charge is 0.279 e. The number of hydrogen-bond acceptors (Lipinski definition) is 7. The first kappa shape index (κ1) is 26.7. The average molecular weight is 551 g/mol. The van der Waals surface area contributed by atoms with E-state index >= 15 is 0 Å². The van der Waals surface area contributed by atoms with Crippen LogP contribution in [0.4, 0.5) is 11.5 Å². The fourth-order valence-corrected chi connectivity index (χ4v) is 6.19. The summed E-state index contributed by atoms with van der Waals surface area (Å²) in [5.74, 6) is 0.331. The molecule has 0 amide bonds. The van der Waals surface area contributed by atoms with E-state index < -0.39 is 10.0 Å². The van der Waals surface area contributed by atoms with Gasteiger partial charge in [-0.2, -0.15) is 12.8 Å². The van der Waals surface area contributed by atoms with Crippen LogP contribution in [0.15, 0.2) is 71.8 Å². The van der Waals surface area contributed by atoms with Gasteiger partial charge in [0.2, 0.25) is 0 Å². The molecule has 1 aromatic heterocycles. The van der Waals surface area contributed by atoms with Crippen LogP contribution >= 0.6 is 23.2 Å². The molecule has 1 aliphatic heterocycles. The van der Waals surface area contributed by atoms with Gasteiger partial charge in [0, 0.05) is 54.7 Å². The molecule has 2 aromatic carbocycles. The van der Waals surface area contributed by atoms with E-state index in [0.717, 1.165) is 5.69 Å². The van der Waals surface area contributed by atoms with Gasteiger partial charge in [0.1, 0.15) is 0 Å². The van der Waals surface area contributed by atoms with Gasteiger partial charge in [0.05, 0.1) is 18.1 Å². The number of pyridine rings is 1. The summed E-state index contributed by atoms with van der Waals surface area (Å²) in [5.41, 5.74) is 7.13. The Morgan fingerprint density at radius 3 is 2.33 bits per heavy atom. The monoisotopic (exact) mass is 549 g/mol. The second-order valence-corrected chi connectivity index (χ2v) is 10.9. The molecule has 11 heteroatoms. The fraction of sp³-hybridized carbons (Fsp3) is 0.320. The van der Waals surface area contributed by atoms with Crippen molar-refractivity contribution in [1.29, 1.82) is 0 Å². The second kappa shape index (κ2) is 12.2. The lowest BCUT2D eigenvalue weighted by Crippen LogP contribution is -2.56. The fourth-order valence-electron chi connectivity index (χ4n) is 4.13. The van der Waals surface area contributed by atoms with Gasteiger partial charge < -0.3 is 15.4 Å². The van der Waals surface area contributed by atoms with Gasteiger partial charge in [-0.25, -0.2) is 9.99 Å². The minimum atomic E-state index is -4.01. The van der Waals surface area contributed by atoms with Crippen LogP contribution in [0.3, 0.4) is 0 Å². The van der Waals surface area contributed by atoms with Gasteiger partial charge in [-0.3, -0.25) is 0 Å². The predicted octanol–water partition coefficient (Wildman–Crippen LogP) is 3.84. The summed E-state index contributed by atoms with van der Waals surface area (Å²) in [6.07, 6.45) is 1.97. The number of ether oxygens (including phenoxy) is 1. The molecule has 192 valence electrons. The van der Waals surface area contributed by atoms with E-state index in [4.69, 9.17) is 33.7 Å². The Hall–Kier alpha value is -2.40. The van der Waals surface area contributed by atoms with Crippen LogP contribution in [0.5, 0.6) is 0 Å². The molecule has 2 N–H and O–H groups in total. The molecule has 0 aliphatic carbocycles. The van der Waals surface area contributed by atoms with Crippen LogP contribution in [0.1, 0.15) is 5.56 Å². The minimum Gasteiger partial charge on any atom is -0.380 e. The van der Waals surface area contributed by atoms with Crippen molar-refractivity contribution in [3.05, 3.63) is 82.5 Å². The molecule has 1 fully saturated rings. The van der Waals surface area contributed by atoms with E-state index in [1.807, 2.05) is 29.3 Å². The lowest BCUT2D eigenvalue weighted by Gasteiger charge is -2.41. The first-order valence-corrected chi connectivity index (χ1v) is 13.9. The largest absolute Gasteiger partial charge is 0.380 e. The third-order valence-electron chi connectivity index (χ3n) is 5.86. The Balaban J connectivity index is 1.63. The molecular formula is C25H29Cl2N5O3S. The third kappa shape index (κ3) is 6.29. The van der Waals surface area contributed by atoms with E-state index in [-0.39, 0.29) is 4.90 Å². The summed E-state index contributed by atoms with van der Waals surface area (Å²) < 4.78 is 35.1. The van der Waals surface area contributed by atoms with Crippen LogP contribution in [0.2, 0.25) is 10.0 Å². The van der Waals surface area contributed by atoms with E-state index in [1.165, 1.54) is 4.41 Å². The van der Waals surface area contributed by atoms with E-state index in [0.29, 0.717) is 73.8 Å². The highest BCUT2D eigenvalue weighted by atomic mass is 35.5. The molecule has 2 heterocycles. The molecule has 8 nitrogen and oxygen atoms in total. The molecular weight excluding hydrogens is 521 g/mol. The van der Waals surface area contributed by atoms with Crippen molar-refractivity contribution < 1.29 is 13.2 Å². The minimum absolute atomic E-state index is 0.175. The van der Waals surface area contributed by atoms with E-state index in [1.54, 1.807) is 42.6 Å². The number of nitrogens with two attached hydrogens (primary N) is 1. The standard InChI is InChI=1S/C25H29Cl2N5O3S/c26-21-4-7-23(8-5-21)30-13-15-31(16-14-30)32(25-3-1-2-12-29-25)36(33,34)24-9-6-22(27)19-20(24)10-17-35-18-11-28/h1-9,12,19H,10-11,13-18,28H2. The van der Waals surface area contributed by atoms with Crippen LogP contribution in [0.25, 0.3) is 0 Å². The predicted molar refractivity (Wildman–Crippen MR) is 144 cm³/mol. The van der Waals surface area contributed by atoms with Crippen molar-refractivity contribution in [2.45, 2.75) is 11.3 Å². The Labute approximate surface area is 222 Å². The number of piperazine rings is 1. The number of benzene rings is 2. The Bertz CT molecular complexity index is 1240. The summed E-state index contributed by atoms with van der Waals surface area (Å²) >= 11 is 12.3. The Morgan fingerprint density at radius 1 is 0.944 bits per heavy atom. The molecule has 1 saturated heterocycles. The highest BCUT2D eigenvalue weighted by Crippen LogP contribution is 2.30. The van der Waals surface area contributed by atoms with Gasteiger partial charge in [0.25, 0.3) is 10.0 Å². The van der Waals surface area contributed by atoms with Crippen molar-refractivity contribution in [2.75, 3.05) is 55.3 Å². The molecule has 3 aromatic rings. The molecule has 0 spiro atoms. The quantitative estimate of drug-likeness (QED) is 0.384. The van der Waals surface area contributed by atoms with Crippen LogP contribution < -0.4 is 15.0 Å². The molecule has 36 heavy (non-hydrogen) atoms. The van der Waals surface area contributed by atoms with Crippen LogP contribution in [-0.2, 0) is 21.2 Å². The zero-order valence-electron chi connectivity index (χ0n) is 19.8. The number of halogens is 2. The summed E-state index contributed by atoms with van der Waals surface area (Å²) in [5, 5.41) is 2.97. The van der Waals surface area contributed by atoms with E-state index in [9.17, 15) is 8.42 Å². The first-order chi connectivity index (χ1) is 17.4. The maximum Gasteiger partial charge on any atom is 0.279 e. The highest BCUT2D eigenvalue weighted by Gasteiger charge is 2.35. The summed E-state index contributed by atoms with van der Waals surface area (Å²) in [7, 11) is -4.01. The maximum absolute atomic E-state index is 14.2. The number of rotatable bonds is 10. The molecule has 0 atom stereocenters. The Kier molecular flexibility index (Phi) is 9.05. The van der Waals surface area contributed by atoms with Crippen molar-refractivity contribution in [2.24, 2.45) is 5.73 Å². The van der Waals surface area contributed by atoms with Crippen molar-refractivity contribution >= 4 is 44.7 Å². The van der Waals surface area contributed by atoms with Crippen molar-refractivity contribution in [3.8, 4) is 0 Å². The topological polar surface area (TPSA) is 92.0 Å². The van der Waals surface area contributed by atoms with Crippen LogP contribution in [0, 0.1) is 0 Å². The average Bonchev–Trinajstić information content (AvgIpc) is 2.88. The number of nitrogens with zero attached hydrogens (tertiary/aromatic N) is 4. The lowest BCUT2D eigenvalue weighted by molar-refractivity contribution is 0.144. The lowest BCUT2D eigenvalue weighted by atomic mass is 10.1. The molecule has 0 unspecified atom stereocenters. The summed E-state index contributed by atoms with van der Waals surface area (Å²) in [6.45, 7) is 3.39. The molecule has 0 saturated carbocycles. The summed E-state index contributed by atoms with van der Waals surface area (Å²) in [6, 6.07) is 17.7. The third-order valence-corrected chi connectivity index (χ3v) is 8.17. The van der Waals surface area contributed by atoms with Crippen LogP contribution in [-0.4, -0.2) is 64.3 Å². The number of anilines is 2. The zero-order chi connectivity index (χ0) is 25.5. The van der Waals surface area contributed by atoms with Crippen molar-refractivity contribution in [3.63, 3.8) is 0 Å². The second-order valence-electron chi connectivity index (χ2n) is 8.26. The highest BCUT2D eigenvalue weighted by molar-refractivity contribution is 7.92. The molecule has 0 bridgehead atoms. The molecule has 1 aliphatic rings. The molecule has 4 rings (SSSR count). The zero-order valence-corrected chi connectivity index (χ0v) is 22.1. The Morgan fingerprint density at radius 2 is 1.67 bits per heavy atom. The van der Waals surface area contributed by atoms with Gasteiger partial charge in [-0.05, 0) is 66.6 Å². The van der Waals surface area contributed by atoms with Gasteiger partial charge in [-0.1, -0.05) is 29.3 Å². The maximum atomic E-state index is 14.2. The first-order valence-electron chi connectivity index (χ1n) is 11.7. The number of hydrogen-bond donors (Lipinski definition) is 1. The van der Waals surface area contributed by atoms with Gasteiger partial charge in [-0.15, -0.1) is 0 Å². The number of sulfonamides is 1. The number of hydrazine groups is 1. The van der Waals surface area contributed by atoms with Gasteiger partial charge in [0.15, 0.2) is 5.82 Å². The van der Waals surface area contributed by atoms with Gasteiger partial charge >= 0.3 is 0 Å². The SMILES string of the molecule is NCCOCCc1cc(Cl)ccc1S(=O)(=O)N(c1ccccn1)N1CCN(c2ccc(Cl)cc2)CC1. The van der Waals surface area contributed by atoms with Crippen molar-refractivity contribution in [1.82, 2.24) is 9.99 Å². The summed E-state index contributed by atoms with van der Waals surface area (Å²) in [4.78, 5) is 6.76. The number of aromatic nitrogens is 1. The molecule has 0 radical (unpaired) electrons. The normalized spacial score (nSPS) is 14.7. The van der Waals surface area contributed by atoms with E-state index in [2.05, 4.69) is 9.88 Å².